The van der Waals surface area contributed by atoms with E-state index in [2.05, 4.69) is 47.1 Å². The summed E-state index contributed by atoms with van der Waals surface area (Å²) in [5.41, 5.74) is 6.11. The topological polar surface area (TPSA) is 76.3 Å². The zero-order chi connectivity index (χ0) is 24.7. The van der Waals surface area contributed by atoms with E-state index in [0.29, 0.717) is 24.3 Å². The molecule has 1 aliphatic rings. The van der Waals surface area contributed by atoms with Gasteiger partial charge in [-0.1, -0.05) is 30.3 Å². The maximum absolute atomic E-state index is 13.2. The van der Waals surface area contributed by atoms with Crippen molar-refractivity contribution in [3.05, 3.63) is 81.4 Å². The number of nitrogens with zero attached hydrogens (tertiary/aromatic N) is 6. The Morgan fingerprint density at radius 1 is 0.914 bits per heavy atom. The minimum absolute atomic E-state index is 0.0870. The van der Waals surface area contributed by atoms with Crippen molar-refractivity contribution in [3.8, 4) is 5.69 Å². The Morgan fingerprint density at radius 3 is 2.34 bits per heavy atom. The average Bonchev–Trinajstić information content (AvgIpc) is 3.22. The predicted molar refractivity (Wildman–Crippen MR) is 137 cm³/mol. The van der Waals surface area contributed by atoms with Crippen molar-refractivity contribution in [2.75, 3.05) is 31.1 Å². The molecule has 0 aliphatic carbocycles. The summed E-state index contributed by atoms with van der Waals surface area (Å²) >= 11 is 0. The zero-order valence-corrected chi connectivity index (χ0v) is 20.7. The lowest BCUT2D eigenvalue weighted by molar-refractivity contribution is -0.132. The van der Waals surface area contributed by atoms with E-state index < -0.39 is 0 Å². The van der Waals surface area contributed by atoms with Gasteiger partial charge in [0, 0.05) is 31.9 Å². The number of piperazine rings is 1. The molecule has 4 aromatic rings. The number of fused-ring (bicyclic) bond motifs is 1. The highest BCUT2D eigenvalue weighted by molar-refractivity contribution is 5.84. The summed E-state index contributed by atoms with van der Waals surface area (Å²) < 4.78 is 3.03. The molecular weight excluding hydrogens is 440 g/mol. The number of amides is 1. The van der Waals surface area contributed by atoms with E-state index in [-0.39, 0.29) is 18.0 Å². The third-order valence-corrected chi connectivity index (χ3v) is 6.81. The summed E-state index contributed by atoms with van der Waals surface area (Å²) in [6.07, 6.45) is 0. The maximum Gasteiger partial charge on any atom is 0.295 e. The number of aryl methyl sites for hydroxylation is 4. The molecule has 0 radical (unpaired) electrons. The first-order valence-corrected chi connectivity index (χ1v) is 12.0. The Bertz CT molecular complexity index is 1460. The van der Waals surface area contributed by atoms with Crippen molar-refractivity contribution in [1.29, 1.82) is 0 Å². The molecule has 2 aromatic carbocycles. The number of carbonyl (C=O) groups is 1. The van der Waals surface area contributed by atoms with Crippen molar-refractivity contribution in [2.45, 2.75) is 34.2 Å². The van der Waals surface area contributed by atoms with Crippen LogP contribution >= 0.6 is 0 Å². The van der Waals surface area contributed by atoms with Crippen LogP contribution in [0.15, 0.2) is 53.3 Å². The van der Waals surface area contributed by atoms with Gasteiger partial charge in [-0.05, 0) is 57.0 Å². The lowest BCUT2D eigenvalue weighted by Crippen LogP contribution is -2.50. The number of benzene rings is 2. The van der Waals surface area contributed by atoms with E-state index in [4.69, 9.17) is 0 Å². The van der Waals surface area contributed by atoms with Gasteiger partial charge in [-0.25, -0.2) is 9.36 Å². The third kappa shape index (κ3) is 4.20. The van der Waals surface area contributed by atoms with Gasteiger partial charge in [0.05, 0.1) is 22.5 Å². The van der Waals surface area contributed by atoms with Crippen molar-refractivity contribution in [3.63, 3.8) is 0 Å². The molecule has 0 unspecified atom stereocenters. The molecule has 5 rings (SSSR count). The zero-order valence-electron chi connectivity index (χ0n) is 20.7. The van der Waals surface area contributed by atoms with E-state index in [9.17, 15) is 9.59 Å². The standard InChI is InChI=1S/C27H30N6O2/c1-18-10-11-19(2)23(16-18)30-12-14-31(15-13-30)24(34)17-32-27(35)26-25(20(3)28-32)21(4)33(29-26)22-8-6-5-7-9-22/h5-11,16H,12-15,17H2,1-4H3. The first kappa shape index (κ1) is 22.8. The van der Waals surface area contributed by atoms with Crippen LogP contribution in [0.4, 0.5) is 5.69 Å². The van der Waals surface area contributed by atoms with Crippen LogP contribution < -0.4 is 10.5 Å². The van der Waals surface area contributed by atoms with Crippen molar-refractivity contribution in [1.82, 2.24) is 24.5 Å². The van der Waals surface area contributed by atoms with E-state index in [1.54, 1.807) is 4.68 Å². The second-order valence-corrected chi connectivity index (χ2v) is 9.26. The molecule has 35 heavy (non-hydrogen) atoms. The van der Waals surface area contributed by atoms with Crippen LogP contribution in [0, 0.1) is 27.7 Å². The van der Waals surface area contributed by atoms with Crippen molar-refractivity contribution >= 4 is 22.5 Å². The smallest absolute Gasteiger partial charge is 0.295 e. The van der Waals surface area contributed by atoms with Gasteiger partial charge in [-0.2, -0.15) is 10.2 Å². The predicted octanol–water partition coefficient (Wildman–Crippen LogP) is 3.16. The Balaban J connectivity index is 1.35. The second kappa shape index (κ2) is 9.02. The van der Waals surface area contributed by atoms with Crippen LogP contribution in [0.3, 0.4) is 0 Å². The monoisotopic (exact) mass is 470 g/mol. The quantitative estimate of drug-likeness (QED) is 0.458. The first-order chi connectivity index (χ1) is 16.8. The summed E-state index contributed by atoms with van der Waals surface area (Å²) in [7, 11) is 0. The van der Waals surface area contributed by atoms with E-state index >= 15 is 0 Å². The number of aromatic nitrogens is 4. The Kier molecular flexibility index (Phi) is 5.88. The molecule has 0 spiro atoms. The molecule has 180 valence electrons. The molecule has 0 N–H and O–H groups in total. The van der Waals surface area contributed by atoms with Gasteiger partial charge in [0.25, 0.3) is 5.56 Å². The SMILES string of the molecule is Cc1ccc(C)c(N2CCN(C(=O)Cn3nc(C)c4c(C)n(-c5ccccc5)nc4c3=O)CC2)c1. The number of hydrogen-bond donors (Lipinski definition) is 0. The Morgan fingerprint density at radius 2 is 1.63 bits per heavy atom. The fourth-order valence-corrected chi connectivity index (χ4v) is 4.90. The van der Waals surface area contributed by atoms with Crippen LogP contribution in [0.25, 0.3) is 16.6 Å². The molecular formula is C27H30N6O2. The number of para-hydroxylation sites is 1. The molecule has 8 nitrogen and oxygen atoms in total. The van der Waals surface area contributed by atoms with Gasteiger partial charge in [0.15, 0.2) is 5.52 Å². The normalized spacial score (nSPS) is 14.1. The highest BCUT2D eigenvalue weighted by Gasteiger charge is 2.24. The Hall–Kier alpha value is -3.94. The molecule has 1 saturated heterocycles. The minimum atomic E-state index is -0.342. The van der Waals surface area contributed by atoms with E-state index in [1.165, 1.54) is 21.5 Å². The summed E-state index contributed by atoms with van der Waals surface area (Å²) in [4.78, 5) is 30.5. The lowest BCUT2D eigenvalue weighted by atomic mass is 10.1. The van der Waals surface area contributed by atoms with E-state index in [1.807, 2.05) is 49.1 Å². The maximum atomic E-state index is 13.2. The van der Waals surface area contributed by atoms with Gasteiger partial charge in [0.1, 0.15) is 6.54 Å². The molecule has 8 heteroatoms. The van der Waals surface area contributed by atoms with Crippen molar-refractivity contribution in [2.24, 2.45) is 0 Å². The van der Waals surface area contributed by atoms with Gasteiger partial charge in [-0.15, -0.1) is 0 Å². The number of hydrogen-bond acceptors (Lipinski definition) is 5. The number of anilines is 1. The van der Waals surface area contributed by atoms with Crippen LogP contribution in [-0.4, -0.2) is 56.5 Å². The molecule has 0 atom stereocenters. The number of carbonyl (C=O) groups excluding carboxylic acids is 1. The molecule has 0 bridgehead atoms. The summed E-state index contributed by atoms with van der Waals surface area (Å²) in [6.45, 7) is 10.7. The third-order valence-electron chi connectivity index (χ3n) is 6.81. The summed E-state index contributed by atoms with van der Waals surface area (Å²) in [5, 5.41) is 9.81. The van der Waals surface area contributed by atoms with Gasteiger partial charge in [-0.3, -0.25) is 9.59 Å². The molecule has 3 heterocycles. The first-order valence-electron chi connectivity index (χ1n) is 12.0. The highest BCUT2D eigenvalue weighted by atomic mass is 16.2. The van der Waals surface area contributed by atoms with Crippen LogP contribution in [0.2, 0.25) is 0 Å². The second-order valence-electron chi connectivity index (χ2n) is 9.26. The highest BCUT2D eigenvalue weighted by Crippen LogP contribution is 2.23. The lowest BCUT2D eigenvalue weighted by Gasteiger charge is -2.37. The minimum Gasteiger partial charge on any atom is -0.368 e. The van der Waals surface area contributed by atoms with Gasteiger partial charge >= 0.3 is 0 Å². The largest absolute Gasteiger partial charge is 0.368 e. The summed E-state index contributed by atoms with van der Waals surface area (Å²) in [5.74, 6) is -0.0989. The molecule has 1 fully saturated rings. The van der Waals surface area contributed by atoms with Crippen LogP contribution in [0.5, 0.6) is 0 Å². The molecule has 0 saturated carbocycles. The fraction of sp³-hybridized carbons (Fsp3) is 0.333. The van der Waals surface area contributed by atoms with E-state index in [0.717, 1.165) is 29.9 Å². The number of rotatable bonds is 4. The molecule has 2 aromatic heterocycles. The molecule has 1 amide bonds. The van der Waals surface area contributed by atoms with Crippen molar-refractivity contribution < 1.29 is 4.79 Å². The summed E-state index contributed by atoms with van der Waals surface area (Å²) in [6, 6.07) is 16.2. The van der Waals surface area contributed by atoms with Crippen LogP contribution in [0.1, 0.15) is 22.5 Å². The van der Waals surface area contributed by atoms with Gasteiger partial charge < -0.3 is 9.80 Å². The average molecular weight is 471 g/mol. The Labute approximate surface area is 204 Å². The fourth-order valence-electron chi connectivity index (χ4n) is 4.90. The van der Waals surface area contributed by atoms with Crippen LogP contribution in [-0.2, 0) is 11.3 Å². The molecule has 1 aliphatic heterocycles. The van der Waals surface area contributed by atoms with Gasteiger partial charge in [0.2, 0.25) is 5.91 Å².